The van der Waals surface area contributed by atoms with E-state index < -0.39 is 10.0 Å². The Hall–Kier alpha value is -1.24. The fraction of sp³-hybridized carbons (Fsp3) is 0.438. The molecule has 0 unspecified atom stereocenters. The molecule has 0 saturated carbocycles. The molecule has 0 radical (unpaired) electrons. The second-order valence-corrected chi connectivity index (χ2v) is 8.68. The molecule has 2 aromatic rings. The van der Waals surface area contributed by atoms with Gasteiger partial charge in [-0.2, -0.15) is 0 Å². The molecule has 22 heavy (non-hydrogen) atoms. The van der Waals surface area contributed by atoms with Crippen molar-refractivity contribution in [1.29, 1.82) is 0 Å². The maximum Gasteiger partial charge on any atom is 0.218 e. The van der Waals surface area contributed by atoms with Crippen LogP contribution in [0.15, 0.2) is 35.8 Å². The van der Waals surface area contributed by atoms with Crippen LogP contribution in [-0.2, 0) is 15.8 Å². The molecule has 0 spiro atoms. The summed E-state index contributed by atoms with van der Waals surface area (Å²) in [5, 5.41) is 3.12. The lowest BCUT2D eigenvalue weighted by Gasteiger charge is -2.30. The Morgan fingerprint density at radius 3 is 2.73 bits per heavy atom. The molecule has 0 bridgehead atoms. The average Bonchev–Trinajstić information content (AvgIpc) is 3.01. The summed E-state index contributed by atoms with van der Waals surface area (Å²) in [6.45, 7) is 3.17. The summed E-state index contributed by atoms with van der Waals surface area (Å²) >= 11 is 1.66. The van der Waals surface area contributed by atoms with E-state index in [2.05, 4.69) is 4.98 Å². The number of hydrogen-bond donors (Lipinski definition) is 0. The number of nitrogens with zero attached hydrogens (tertiary/aromatic N) is 2. The van der Waals surface area contributed by atoms with Crippen LogP contribution >= 0.6 is 11.3 Å². The van der Waals surface area contributed by atoms with Gasteiger partial charge < -0.3 is 0 Å². The van der Waals surface area contributed by atoms with E-state index in [0.29, 0.717) is 19.0 Å². The van der Waals surface area contributed by atoms with Gasteiger partial charge in [0.05, 0.1) is 10.8 Å². The minimum Gasteiger partial charge on any atom is -0.249 e. The van der Waals surface area contributed by atoms with Crippen molar-refractivity contribution in [3.63, 3.8) is 0 Å². The second kappa shape index (κ2) is 6.48. The Bertz CT molecular complexity index is 718. The molecule has 0 aliphatic carbocycles. The predicted octanol–water partition coefficient (Wildman–Crippen LogP) is 3.16. The van der Waals surface area contributed by atoms with Crippen molar-refractivity contribution < 1.29 is 8.42 Å². The third-order valence-electron chi connectivity index (χ3n) is 4.08. The van der Waals surface area contributed by atoms with Gasteiger partial charge in [-0.3, -0.25) is 0 Å². The second-order valence-electron chi connectivity index (χ2n) is 5.79. The van der Waals surface area contributed by atoms with Crippen molar-refractivity contribution in [3.05, 3.63) is 52.0 Å². The van der Waals surface area contributed by atoms with Gasteiger partial charge in [-0.15, -0.1) is 11.3 Å². The van der Waals surface area contributed by atoms with Crippen molar-refractivity contribution in [2.75, 3.05) is 13.1 Å². The number of rotatable bonds is 4. The Kier molecular flexibility index (Phi) is 4.61. The van der Waals surface area contributed by atoms with E-state index in [0.717, 1.165) is 29.0 Å². The van der Waals surface area contributed by atoms with Gasteiger partial charge in [0.1, 0.15) is 0 Å². The lowest BCUT2D eigenvalue weighted by Crippen LogP contribution is -2.38. The van der Waals surface area contributed by atoms with E-state index in [1.807, 2.05) is 42.8 Å². The van der Waals surface area contributed by atoms with Gasteiger partial charge in [0.2, 0.25) is 10.0 Å². The normalized spacial score (nSPS) is 17.7. The number of hydrogen-bond acceptors (Lipinski definition) is 4. The average molecular weight is 336 g/mol. The van der Waals surface area contributed by atoms with Crippen LogP contribution in [0.3, 0.4) is 0 Å². The molecule has 1 fully saturated rings. The molecule has 6 heteroatoms. The minimum atomic E-state index is -3.23. The summed E-state index contributed by atoms with van der Waals surface area (Å²) in [5.41, 5.74) is 1.96. The first kappa shape index (κ1) is 15.6. The van der Waals surface area contributed by atoms with Gasteiger partial charge >= 0.3 is 0 Å². The third kappa shape index (κ3) is 3.56. The maximum absolute atomic E-state index is 12.6. The molecular weight excluding hydrogens is 316 g/mol. The molecule has 1 saturated heterocycles. The molecule has 1 aliphatic heterocycles. The Balaban J connectivity index is 1.64. The molecule has 1 aromatic carbocycles. The molecule has 3 rings (SSSR count). The number of piperidine rings is 1. The summed E-state index contributed by atoms with van der Waals surface area (Å²) in [6, 6.07) is 7.72. The van der Waals surface area contributed by atoms with Gasteiger partial charge in [-0.1, -0.05) is 29.8 Å². The molecule has 1 aromatic heterocycles. The lowest BCUT2D eigenvalue weighted by atomic mass is 9.99. The molecular formula is C16H20N2O2S2. The van der Waals surface area contributed by atoms with Gasteiger partial charge in [0, 0.05) is 30.6 Å². The van der Waals surface area contributed by atoms with Crippen LogP contribution in [0.4, 0.5) is 0 Å². The minimum absolute atomic E-state index is 0.0938. The van der Waals surface area contributed by atoms with E-state index in [4.69, 9.17) is 0 Å². The largest absolute Gasteiger partial charge is 0.249 e. The zero-order chi connectivity index (χ0) is 15.6. The van der Waals surface area contributed by atoms with E-state index in [1.165, 1.54) is 0 Å². The highest BCUT2D eigenvalue weighted by molar-refractivity contribution is 7.88. The van der Waals surface area contributed by atoms with Crippen molar-refractivity contribution in [2.24, 2.45) is 0 Å². The van der Waals surface area contributed by atoms with Crippen LogP contribution in [0.1, 0.15) is 34.9 Å². The monoisotopic (exact) mass is 336 g/mol. The van der Waals surface area contributed by atoms with Gasteiger partial charge in [-0.25, -0.2) is 17.7 Å². The summed E-state index contributed by atoms with van der Waals surface area (Å²) in [4.78, 5) is 4.36. The highest BCUT2D eigenvalue weighted by atomic mass is 32.2. The van der Waals surface area contributed by atoms with Gasteiger partial charge in [0.15, 0.2) is 0 Å². The highest BCUT2D eigenvalue weighted by Crippen LogP contribution is 2.30. The van der Waals surface area contributed by atoms with Gasteiger partial charge in [0.25, 0.3) is 0 Å². The highest BCUT2D eigenvalue weighted by Gasteiger charge is 2.29. The smallest absolute Gasteiger partial charge is 0.218 e. The zero-order valence-corrected chi connectivity index (χ0v) is 14.2. The molecule has 2 heterocycles. The van der Waals surface area contributed by atoms with Crippen LogP contribution in [0.2, 0.25) is 0 Å². The molecule has 1 aliphatic rings. The topological polar surface area (TPSA) is 50.3 Å². The Morgan fingerprint density at radius 2 is 2.09 bits per heavy atom. The molecule has 118 valence electrons. The number of benzene rings is 1. The van der Waals surface area contributed by atoms with Crippen LogP contribution in [0.5, 0.6) is 0 Å². The summed E-state index contributed by atoms with van der Waals surface area (Å²) < 4.78 is 26.8. The van der Waals surface area contributed by atoms with E-state index in [1.54, 1.807) is 15.6 Å². The summed E-state index contributed by atoms with van der Waals surface area (Å²) in [6.07, 6.45) is 3.54. The molecule has 0 atom stereocenters. The Morgan fingerprint density at radius 1 is 1.32 bits per heavy atom. The summed E-state index contributed by atoms with van der Waals surface area (Å²) in [7, 11) is -3.23. The van der Waals surface area contributed by atoms with Crippen LogP contribution in [-0.4, -0.2) is 30.8 Å². The quantitative estimate of drug-likeness (QED) is 0.862. The molecule has 4 nitrogen and oxygen atoms in total. The third-order valence-corrected chi connectivity index (χ3v) is 6.87. The fourth-order valence-corrected chi connectivity index (χ4v) is 5.28. The van der Waals surface area contributed by atoms with Crippen molar-refractivity contribution in [3.8, 4) is 0 Å². The van der Waals surface area contributed by atoms with Crippen molar-refractivity contribution >= 4 is 21.4 Å². The zero-order valence-electron chi connectivity index (χ0n) is 12.6. The lowest BCUT2D eigenvalue weighted by molar-refractivity contribution is 0.319. The SMILES string of the molecule is Cc1cccc(CS(=O)(=O)N2CCC(c3nccs3)CC2)c1. The number of aromatic nitrogens is 1. The number of thiazole rings is 1. The first-order valence-electron chi connectivity index (χ1n) is 7.47. The predicted molar refractivity (Wildman–Crippen MR) is 89.5 cm³/mol. The van der Waals surface area contributed by atoms with E-state index >= 15 is 0 Å². The van der Waals surface area contributed by atoms with Crippen LogP contribution in [0.25, 0.3) is 0 Å². The van der Waals surface area contributed by atoms with Gasteiger partial charge in [-0.05, 0) is 25.3 Å². The number of sulfonamides is 1. The fourth-order valence-electron chi connectivity index (χ4n) is 2.92. The Labute approximate surface area is 135 Å². The first-order chi connectivity index (χ1) is 10.5. The number of aryl methyl sites for hydroxylation is 1. The molecule has 0 amide bonds. The summed E-state index contributed by atoms with van der Waals surface area (Å²) in [5.74, 6) is 0.502. The van der Waals surface area contributed by atoms with Crippen LogP contribution < -0.4 is 0 Å². The van der Waals surface area contributed by atoms with E-state index in [9.17, 15) is 8.42 Å². The van der Waals surface area contributed by atoms with Crippen LogP contribution in [0, 0.1) is 6.92 Å². The first-order valence-corrected chi connectivity index (χ1v) is 9.96. The van der Waals surface area contributed by atoms with Crippen molar-refractivity contribution in [2.45, 2.75) is 31.4 Å². The van der Waals surface area contributed by atoms with E-state index in [-0.39, 0.29) is 5.75 Å². The molecule has 0 N–H and O–H groups in total. The van der Waals surface area contributed by atoms with Crippen molar-refractivity contribution in [1.82, 2.24) is 9.29 Å². The maximum atomic E-state index is 12.6. The standard InChI is InChI=1S/C16H20N2O2S2/c1-13-3-2-4-14(11-13)12-22(19,20)18-8-5-15(6-9-18)16-17-7-10-21-16/h2-4,7,10-11,15H,5-6,8-9,12H2,1H3.